The predicted molar refractivity (Wildman–Crippen MR) is 102 cm³/mol. The largest absolute Gasteiger partial charge is 0.503 e. The quantitative estimate of drug-likeness (QED) is 0.624. The van der Waals surface area contributed by atoms with Gasteiger partial charge in [-0.1, -0.05) is 19.0 Å². The first-order valence-electron chi connectivity index (χ1n) is 9.01. The van der Waals surface area contributed by atoms with Gasteiger partial charge in [0.2, 0.25) is 0 Å². The minimum absolute atomic E-state index is 0.142. The molecule has 3 rings (SSSR count). The molecule has 0 bridgehead atoms. The third kappa shape index (κ3) is 4.68. The van der Waals surface area contributed by atoms with Gasteiger partial charge in [-0.2, -0.15) is 4.98 Å². The highest BCUT2D eigenvalue weighted by atomic mass is 19.1. The van der Waals surface area contributed by atoms with Crippen molar-refractivity contribution in [2.45, 2.75) is 26.3 Å². The molecule has 29 heavy (non-hydrogen) atoms. The molecular weight excluding hydrogens is 379 g/mol. The van der Waals surface area contributed by atoms with Gasteiger partial charge in [0.05, 0.1) is 13.2 Å². The van der Waals surface area contributed by atoms with Crippen LogP contribution in [0.3, 0.4) is 0 Å². The van der Waals surface area contributed by atoms with Crippen LogP contribution in [-0.2, 0) is 0 Å². The van der Waals surface area contributed by atoms with E-state index in [-0.39, 0.29) is 40.6 Å². The Kier molecular flexibility index (Phi) is 6.06. The molecule has 3 aromatic rings. The minimum atomic E-state index is -0.597. The Hall–Kier alpha value is -3.49. The van der Waals surface area contributed by atoms with Crippen LogP contribution in [0, 0.1) is 11.7 Å². The Balaban J connectivity index is 1.85. The number of amides is 1. The number of aromatic hydroxyl groups is 1. The molecule has 1 aromatic carbocycles. The fraction of sp³-hybridized carbons (Fsp3) is 0.300. The first kappa shape index (κ1) is 20.2. The number of benzene rings is 1. The summed E-state index contributed by atoms with van der Waals surface area (Å²) in [6.45, 7) is 3.97. The van der Waals surface area contributed by atoms with Crippen LogP contribution in [0.15, 0.2) is 41.1 Å². The lowest BCUT2D eigenvalue weighted by molar-refractivity contribution is 0.0920. The second-order valence-corrected chi connectivity index (χ2v) is 6.83. The van der Waals surface area contributed by atoms with Crippen molar-refractivity contribution in [3.63, 3.8) is 0 Å². The summed E-state index contributed by atoms with van der Waals surface area (Å²) in [6, 6.07) is 6.52. The molecule has 0 spiro atoms. The van der Waals surface area contributed by atoms with Crippen LogP contribution in [-0.4, -0.2) is 33.2 Å². The van der Waals surface area contributed by atoms with Crippen molar-refractivity contribution in [3.8, 4) is 23.0 Å². The van der Waals surface area contributed by atoms with E-state index in [1.54, 1.807) is 0 Å². The highest BCUT2D eigenvalue weighted by molar-refractivity contribution is 5.95. The van der Waals surface area contributed by atoms with E-state index in [4.69, 9.17) is 9.26 Å². The number of aromatic nitrogens is 3. The van der Waals surface area contributed by atoms with Gasteiger partial charge in [0.25, 0.3) is 11.8 Å². The number of carbonyl (C=O) groups is 1. The van der Waals surface area contributed by atoms with Crippen LogP contribution in [0.2, 0.25) is 0 Å². The Labute approximate surface area is 166 Å². The molecule has 0 unspecified atom stereocenters. The molecule has 0 saturated heterocycles. The molecule has 2 aromatic heterocycles. The highest BCUT2D eigenvalue weighted by Gasteiger charge is 2.25. The molecular formula is C20H21FN4O4. The summed E-state index contributed by atoms with van der Waals surface area (Å²) in [7, 11) is 1.38. The molecule has 0 aliphatic heterocycles. The summed E-state index contributed by atoms with van der Waals surface area (Å²) < 4.78 is 23.4. The maximum absolute atomic E-state index is 13.1. The molecule has 0 saturated carbocycles. The maximum Gasteiger partial charge on any atom is 0.274 e. The van der Waals surface area contributed by atoms with Crippen molar-refractivity contribution in [2.75, 3.05) is 7.11 Å². The number of ether oxygens (including phenoxy) is 1. The molecule has 0 aliphatic carbocycles. The van der Waals surface area contributed by atoms with E-state index in [0.717, 1.165) is 0 Å². The number of nitrogens with zero attached hydrogens (tertiary/aromatic N) is 3. The van der Waals surface area contributed by atoms with Crippen LogP contribution < -0.4 is 10.1 Å². The van der Waals surface area contributed by atoms with Gasteiger partial charge in [0.1, 0.15) is 5.82 Å². The average molecular weight is 400 g/mol. The van der Waals surface area contributed by atoms with E-state index in [0.29, 0.717) is 12.0 Å². The van der Waals surface area contributed by atoms with Crippen molar-refractivity contribution < 1.29 is 23.6 Å². The number of carbonyl (C=O) groups excluding carboxylic acids is 1. The van der Waals surface area contributed by atoms with Gasteiger partial charge >= 0.3 is 0 Å². The molecule has 8 nitrogen and oxygen atoms in total. The molecule has 9 heteroatoms. The van der Waals surface area contributed by atoms with Gasteiger partial charge in [-0.15, -0.1) is 0 Å². The number of hydrogen-bond donors (Lipinski definition) is 2. The van der Waals surface area contributed by atoms with Crippen LogP contribution in [0.1, 0.15) is 42.6 Å². The number of hydrogen-bond acceptors (Lipinski definition) is 7. The predicted octanol–water partition coefficient (Wildman–Crippen LogP) is 3.50. The van der Waals surface area contributed by atoms with E-state index in [1.165, 1.54) is 43.6 Å². The van der Waals surface area contributed by atoms with Gasteiger partial charge < -0.3 is 19.7 Å². The number of halogens is 1. The average Bonchev–Trinajstić information content (AvgIpc) is 3.18. The summed E-state index contributed by atoms with van der Waals surface area (Å²) in [5.41, 5.74) is 0.396. The van der Waals surface area contributed by atoms with Crippen molar-refractivity contribution in [1.29, 1.82) is 0 Å². The molecule has 2 heterocycles. The summed E-state index contributed by atoms with van der Waals surface area (Å²) in [6.07, 6.45) is 1.89. The standard InChI is InChI=1S/C20H21FN4O4/c1-11(2)10-14(23-19(27)16-17(26)15(28-3)8-9-22-16)18-24-20(29-25-18)12-4-6-13(21)7-5-12/h4-9,11,14,26H,10H2,1-3H3,(H,23,27)/t14-/m0/s1. The van der Waals surface area contributed by atoms with E-state index in [9.17, 15) is 14.3 Å². The number of rotatable bonds is 7. The number of methoxy groups -OCH3 is 1. The van der Waals surface area contributed by atoms with Gasteiger partial charge in [-0.25, -0.2) is 9.37 Å². The zero-order valence-electron chi connectivity index (χ0n) is 16.2. The molecule has 2 N–H and O–H groups in total. The summed E-state index contributed by atoms with van der Waals surface area (Å²) in [5.74, 6) is -0.483. The van der Waals surface area contributed by atoms with Gasteiger partial charge in [0.15, 0.2) is 23.0 Å². The van der Waals surface area contributed by atoms with Crippen molar-refractivity contribution in [3.05, 3.63) is 53.9 Å². The minimum Gasteiger partial charge on any atom is -0.503 e. The van der Waals surface area contributed by atoms with Crippen molar-refractivity contribution >= 4 is 5.91 Å². The van der Waals surface area contributed by atoms with Crippen LogP contribution in [0.5, 0.6) is 11.5 Å². The Morgan fingerprint density at radius 2 is 2.00 bits per heavy atom. The highest BCUT2D eigenvalue weighted by Crippen LogP contribution is 2.29. The molecule has 1 amide bonds. The monoisotopic (exact) mass is 400 g/mol. The first-order chi connectivity index (χ1) is 13.9. The Bertz CT molecular complexity index is 988. The smallest absolute Gasteiger partial charge is 0.274 e. The lowest BCUT2D eigenvalue weighted by Crippen LogP contribution is -2.31. The zero-order chi connectivity index (χ0) is 21.0. The summed E-state index contributed by atoms with van der Waals surface area (Å²) in [5, 5.41) is 16.9. The normalized spacial score (nSPS) is 12.0. The van der Waals surface area contributed by atoms with Crippen molar-refractivity contribution in [2.24, 2.45) is 5.92 Å². The topological polar surface area (TPSA) is 110 Å². The molecule has 152 valence electrons. The zero-order valence-corrected chi connectivity index (χ0v) is 16.2. The van der Waals surface area contributed by atoms with E-state index in [1.807, 2.05) is 13.8 Å². The second-order valence-electron chi connectivity index (χ2n) is 6.83. The van der Waals surface area contributed by atoms with Crippen molar-refractivity contribution in [1.82, 2.24) is 20.4 Å². The van der Waals surface area contributed by atoms with E-state index >= 15 is 0 Å². The Morgan fingerprint density at radius 1 is 1.28 bits per heavy atom. The second kappa shape index (κ2) is 8.68. The number of nitrogens with one attached hydrogen (secondary N) is 1. The van der Waals surface area contributed by atoms with E-state index in [2.05, 4.69) is 20.4 Å². The van der Waals surface area contributed by atoms with Gasteiger partial charge in [-0.05, 0) is 36.6 Å². The SMILES string of the molecule is COc1ccnc(C(=O)N[C@@H](CC(C)C)c2noc(-c3ccc(F)cc3)n2)c1O. The number of pyridine rings is 1. The molecule has 0 fully saturated rings. The van der Waals surface area contributed by atoms with E-state index < -0.39 is 11.9 Å². The molecule has 0 radical (unpaired) electrons. The first-order valence-corrected chi connectivity index (χ1v) is 9.01. The van der Waals surface area contributed by atoms with Gasteiger partial charge in [0, 0.05) is 17.8 Å². The lowest BCUT2D eigenvalue weighted by Gasteiger charge is -2.17. The van der Waals surface area contributed by atoms with Crippen LogP contribution in [0.4, 0.5) is 4.39 Å². The third-order valence-electron chi connectivity index (χ3n) is 4.18. The van der Waals surface area contributed by atoms with Crippen LogP contribution in [0.25, 0.3) is 11.5 Å². The lowest BCUT2D eigenvalue weighted by atomic mass is 10.0. The van der Waals surface area contributed by atoms with Crippen LogP contribution >= 0.6 is 0 Å². The fourth-order valence-electron chi connectivity index (χ4n) is 2.78. The maximum atomic E-state index is 13.1. The fourth-order valence-corrected chi connectivity index (χ4v) is 2.78. The molecule has 1 atom stereocenters. The van der Waals surface area contributed by atoms with Gasteiger partial charge in [-0.3, -0.25) is 4.79 Å². The summed E-state index contributed by atoms with van der Waals surface area (Å²) >= 11 is 0. The summed E-state index contributed by atoms with van der Waals surface area (Å²) in [4.78, 5) is 21.0. The third-order valence-corrected chi connectivity index (χ3v) is 4.18. The Morgan fingerprint density at radius 3 is 2.66 bits per heavy atom. The molecule has 0 aliphatic rings.